The highest BCUT2D eigenvalue weighted by Crippen LogP contribution is 2.23. The summed E-state index contributed by atoms with van der Waals surface area (Å²) in [6.07, 6.45) is 5.07. The summed E-state index contributed by atoms with van der Waals surface area (Å²) in [5.41, 5.74) is 1.39. The van der Waals surface area contributed by atoms with Crippen molar-refractivity contribution >= 4 is 11.6 Å². The van der Waals surface area contributed by atoms with Crippen molar-refractivity contribution in [3.63, 3.8) is 0 Å². The van der Waals surface area contributed by atoms with Gasteiger partial charge in [0.1, 0.15) is 5.76 Å². The molecule has 0 aliphatic rings. The number of amides is 1. The maximum atomic E-state index is 12.6. The zero-order valence-corrected chi connectivity index (χ0v) is 13.0. The van der Waals surface area contributed by atoms with Crippen LogP contribution in [0.5, 0.6) is 0 Å². The first-order valence-corrected chi connectivity index (χ1v) is 7.39. The van der Waals surface area contributed by atoms with Crippen molar-refractivity contribution < 1.29 is 13.6 Å². The molecule has 0 bridgehead atoms. The smallest absolute Gasteiger partial charge is 0.263 e. The van der Waals surface area contributed by atoms with Gasteiger partial charge in [-0.1, -0.05) is 0 Å². The number of hydrogen-bond donors (Lipinski definition) is 0. The molecule has 0 saturated heterocycles. The highest BCUT2D eigenvalue weighted by Gasteiger charge is 2.20. The predicted molar refractivity (Wildman–Crippen MR) is 84.9 cm³/mol. The third-order valence-electron chi connectivity index (χ3n) is 3.52. The van der Waals surface area contributed by atoms with E-state index in [1.54, 1.807) is 42.6 Å². The number of furan rings is 1. The first-order valence-electron chi connectivity index (χ1n) is 7.39. The van der Waals surface area contributed by atoms with Gasteiger partial charge in [0, 0.05) is 12.7 Å². The van der Waals surface area contributed by atoms with E-state index >= 15 is 0 Å². The van der Waals surface area contributed by atoms with Gasteiger partial charge in [-0.15, -0.1) is 0 Å². The molecule has 118 valence electrons. The Morgan fingerprint density at radius 1 is 1.30 bits per heavy atom. The zero-order valence-electron chi connectivity index (χ0n) is 13.0. The first kappa shape index (κ1) is 15.0. The lowest BCUT2D eigenvalue weighted by Crippen LogP contribution is -2.32. The van der Waals surface area contributed by atoms with Crippen molar-refractivity contribution in [2.75, 3.05) is 11.4 Å². The van der Waals surface area contributed by atoms with Crippen LogP contribution in [0.3, 0.4) is 0 Å². The summed E-state index contributed by atoms with van der Waals surface area (Å²) in [5.74, 6) is 1.50. The lowest BCUT2D eigenvalue weighted by atomic mass is 10.2. The number of pyridine rings is 1. The van der Waals surface area contributed by atoms with Crippen LogP contribution in [0.15, 0.2) is 51.8 Å². The van der Waals surface area contributed by atoms with Crippen LogP contribution < -0.4 is 4.90 Å². The quantitative estimate of drug-likeness (QED) is 0.723. The number of oxazole rings is 1. The highest BCUT2D eigenvalue weighted by atomic mass is 16.4. The molecular formula is C17H17N3O3. The first-order chi connectivity index (χ1) is 11.2. The van der Waals surface area contributed by atoms with Gasteiger partial charge in [0.05, 0.1) is 30.3 Å². The summed E-state index contributed by atoms with van der Waals surface area (Å²) in [7, 11) is 0. The van der Waals surface area contributed by atoms with Gasteiger partial charge in [0.25, 0.3) is 5.89 Å². The molecular weight excluding hydrogens is 294 g/mol. The predicted octanol–water partition coefficient (Wildman–Crippen LogP) is 3.23. The number of nitrogens with zero attached hydrogens (tertiary/aromatic N) is 3. The minimum absolute atomic E-state index is 0.0529. The second-order valence-electron chi connectivity index (χ2n) is 5.03. The number of aromatic nitrogens is 2. The Morgan fingerprint density at radius 3 is 2.83 bits per heavy atom. The number of carbonyl (C=O) groups is 1. The van der Waals surface area contributed by atoms with Crippen molar-refractivity contribution in [3.05, 3.63) is 54.4 Å². The van der Waals surface area contributed by atoms with Crippen LogP contribution in [0, 0.1) is 6.92 Å². The lowest BCUT2D eigenvalue weighted by molar-refractivity contribution is -0.118. The summed E-state index contributed by atoms with van der Waals surface area (Å²) in [6.45, 7) is 4.28. The molecule has 0 saturated carbocycles. The van der Waals surface area contributed by atoms with Gasteiger partial charge >= 0.3 is 0 Å². The van der Waals surface area contributed by atoms with Crippen molar-refractivity contribution in [3.8, 4) is 11.7 Å². The molecule has 0 unspecified atom stereocenters. The average molecular weight is 311 g/mol. The summed E-state index contributed by atoms with van der Waals surface area (Å²) in [6, 6.07) is 7.20. The molecule has 0 aromatic carbocycles. The average Bonchev–Trinajstić information content (AvgIpc) is 3.20. The lowest BCUT2D eigenvalue weighted by Gasteiger charge is -2.20. The molecule has 0 spiro atoms. The molecule has 0 aliphatic carbocycles. The molecule has 6 heteroatoms. The summed E-state index contributed by atoms with van der Waals surface area (Å²) < 4.78 is 10.9. The fourth-order valence-corrected chi connectivity index (χ4v) is 2.35. The molecule has 0 fully saturated rings. The summed E-state index contributed by atoms with van der Waals surface area (Å²) in [5, 5.41) is 0. The van der Waals surface area contributed by atoms with E-state index in [0.717, 1.165) is 5.69 Å². The largest absolute Gasteiger partial charge is 0.459 e. The number of aryl methyl sites for hydroxylation is 1. The van der Waals surface area contributed by atoms with Crippen LogP contribution in [0.25, 0.3) is 11.7 Å². The van der Waals surface area contributed by atoms with Crippen molar-refractivity contribution in [2.24, 2.45) is 0 Å². The van der Waals surface area contributed by atoms with Crippen molar-refractivity contribution in [1.29, 1.82) is 0 Å². The van der Waals surface area contributed by atoms with Crippen LogP contribution in [0.4, 0.5) is 5.69 Å². The molecule has 0 radical (unpaired) electrons. The monoisotopic (exact) mass is 311 g/mol. The third kappa shape index (κ3) is 3.15. The second kappa shape index (κ2) is 6.48. The minimum Gasteiger partial charge on any atom is -0.459 e. The normalized spacial score (nSPS) is 10.7. The van der Waals surface area contributed by atoms with Gasteiger partial charge in [-0.2, -0.15) is 0 Å². The van der Waals surface area contributed by atoms with E-state index in [-0.39, 0.29) is 12.3 Å². The summed E-state index contributed by atoms with van der Waals surface area (Å²) >= 11 is 0. The standard InChI is InChI=1S/C17H17N3O3/c1-3-20(13-6-4-8-18-11-13)16(21)10-14-12(2)23-17(19-14)15-7-5-9-22-15/h4-9,11H,3,10H2,1-2H3. The van der Waals surface area contributed by atoms with E-state index in [2.05, 4.69) is 9.97 Å². The zero-order chi connectivity index (χ0) is 16.2. The molecule has 0 aliphatic heterocycles. The molecule has 3 aromatic heterocycles. The van der Waals surface area contributed by atoms with Gasteiger partial charge in [-0.05, 0) is 38.1 Å². The highest BCUT2D eigenvalue weighted by molar-refractivity contribution is 5.94. The molecule has 3 aromatic rings. The maximum Gasteiger partial charge on any atom is 0.263 e. The van der Waals surface area contributed by atoms with E-state index in [1.165, 1.54) is 0 Å². The van der Waals surface area contributed by atoms with Crippen molar-refractivity contribution in [2.45, 2.75) is 20.3 Å². The Morgan fingerprint density at radius 2 is 2.17 bits per heavy atom. The Hall–Kier alpha value is -2.89. The van der Waals surface area contributed by atoms with Gasteiger partial charge < -0.3 is 13.7 Å². The Labute approximate surface area is 133 Å². The van der Waals surface area contributed by atoms with E-state index in [1.807, 2.05) is 19.1 Å². The van der Waals surface area contributed by atoms with Gasteiger partial charge in [-0.25, -0.2) is 4.98 Å². The number of likely N-dealkylation sites (N-methyl/N-ethyl adjacent to an activating group) is 1. The minimum atomic E-state index is -0.0529. The molecule has 0 N–H and O–H groups in total. The maximum absolute atomic E-state index is 12.6. The molecule has 0 atom stereocenters. The van der Waals surface area contributed by atoms with Crippen LogP contribution in [-0.2, 0) is 11.2 Å². The summed E-state index contributed by atoms with van der Waals surface area (Å²) in [4.78, 5) is 22.7. The van der Waals surface area contributed by atoms with Crippen LogP contribution >= 0.6 is 0 Å². The van der Waals surface area contributed by atoms with E-state index in [0.29, 0.717) is 29.6 Å². The fourth-order valence-electron chi connectivity index (χ4n) is 2.35. The van der Waals surface area contributed by atoms with Gasteiger partial charge in [0.2, 0.25) is 5.91 Å². The van der Waals surface area contributed by atoms with Crippen molar-refractivity contribution in [1.82, 2.24) is 9.97 Å². The fraction of sp³-hybridized carbons (Fsp3) is 0.235. The van der Waals surface area contributed by atoms with Gasteiger partial charge in [-0.3, -0.25) is 9.78 Å². The second-order valence-corrected chi connectivity index (χ2v) is 5.03. The number of rotatable bonds is 5. The van der Waals surface area contributed by atoms with E-state index in [9.17, 15) is 4.79 Å². The van der Waals surface area contributed by atoms with Crippen LogP contribution in [0.1, 0.15) is 18.4 Å². The number of anilines is 1. The van der Waals surface area contributed by atoms with Gasteiger partial charge in [0.15, 0.2) is 5.76 Å². The molecule has 3 rings (SSSR count). The van der Waals surface area contributed by atoms with E-state index < -0.39 is 0 Å². The molecule has 6 nitrogen and oxygen atoms in total. The Balaban J connectivity index is 1.80. The molecule has 1 amide bonds. The van der Waals surface area contributed by atoms with E-state index in [4.69, 9.17) is 8.83 Å². The third-order valence-corrected chi connectivity index (χ3v) is 3.52. The molecule has 3 heterocycles. The topological polar surface area (TPSA) is 72.4 Å². The SMILES string of the molecule is CCN(C(=O)Cc1nc(-c2ccco2)oc1C)c1cccnc1. The van der Waals surface area contributed by atoms with Crippen LogP contribution in [-0.4, -0.2) is 22.4 Å². The van der Waals surface area contributed by atoms with Crippen LogP contribution in [0.2, 0.25) is 0 Å². The number of hydrogen-bond acceptors (Lipinski definition) is 5. The number of carbonyl (C=O) groups excluding carboxylic acids is 1. The Bertz CT molecular complexity index is 779. The Kier molecular flexibility index (Phi) is 4.23. The molecule has 23 heavy (non-hydrogen) atoms.